The molecule has 0 spiro atoms. The molecular formula is C20H33N3O3S. The molecule has 1 aromatic rings. The quantitative estimate of drug-likeness (QED) is 0.725. The summed E-state index contributed by atoms with van der Waals surface area (Å²) < 4.78 is 24.7. The molecule has 0 unspecified atom stereocenters. The second kappa shape index (κ2) is 9.17. The van der Waals surface area contributed by atoms with Crippen LogP contribution in [0.4, 0.5) is 0 Å². The molecule has 1 amide bonds. The molecule has 1 aromatic carbocycles. The maximum atomic E-state index is 12.4. The monoisotopic (exact) mass is 395 g/mol. The molecule has 1 aliphatic rings. The normalized spacial score (nSPS) is 17.0. The van der Waals surface area contributed by atoms with Crippen LogP contribution >= 0.6 is 0 Å². The van der Waals surface area contributed by atoms with Gasteiger partial charge in [0.2, 0.25) is 5.91 Å². The zero-order valence-electron chi connectivity index (χ0n) is 17.0. The van der Waals surface area contributed by atoms with Crippen molar-refractivity contribution in [1.29, 1.82) is 0 Å². The van der Waals surface area contributed by atoms with Crippen molar-refractivity contribution in [2.24, 2.45) is 0 Å². The zero-order chi connectivity index (χ0) is 20.1. The van der Waals surface area contributed by atoms with Crippen LogP contribution in [-0.2, 0) is 14.6 Å². The Kier molecular flexibility index (Phi) is 7.42. The molecule has 0 radical (unpaired) electrons. The maximum Gasteiger partial charge on any atom is 0.221 e. The number of nitrogens with zero attached hydrogens (tertiary/aromatic N) is 2. The van der Waals surface area contributed by atoms with Crippen LogP contribution in [0.25, 0.3) is 0 Å². The summed E-state index contributed by atoms with van der Waals surface area (Å²) in [5.74, 6) is -0.386. The van der Waals surface area contributed by atoms with E-state index in [1.807, 2.05) is 6.92 Å². The van der Waals surface area contributed by atoms with Gasteiger partial charge in [0, 0.05) is 44.7 Å². The lowest BCUT2D eigenvalue weighted by Crippen LogP contribution is -2.58. The van der Waals surface area contributed by atoms with E-state index in [0.717, 1.165) is 38.3 Å². The minimum Gasteiger partial charge on any atom is -0.354 e. The Labute approximate surface area is 163 Å². The first-order valence-electron chi connectivity index (χ1n) is 9.67. The number of likely N-dealkylation sites (N-methyl/N-ethyl adjacent to an activating group) is 1. The number of piperazine rings is 1. The van der Waals surface area contributed by atoms with Gasteiger partial charge in [-0.1, -0.05) is 24.6 Å². The van der Waals surface area contributed by atoms with Crippen LogP contribution in [0.1, 0.15) is 32.8 Å². The Balaban J connectivity index is 1.80. The van der Waals surface area contributed by atoms with Gasteiger partial charge >= 0.3 is 0 Å². The number of rotatable bonds is 8. The SMILES string of the molecule is CCN1CCN(C(C)(C)CNC(=O)CCS(=O)(=O)c2ccc(C)cc2)CC1. The molecule has 152 valence electrons. The van der Waals surface area contributed by atoms with E-state index in [0.29, 0.717) is 6.54 Å². The molecule has 1 heterocycles. The van der Waals surface area contributed by atoms with Gasteiger partial charge in [-0.2, -0.15) is 0 Å². The lowest BCUT2D eigenvalue weighted by molar-refractivity contribution is -0.121. The third kappa shape index (κ3) is 6.30. The van der Waals surface area contributed by atoms with Gasteiger partial charge in [-0.05, 0) is 39.4 Å². The summed E-state index contributed by atoms with van der Waals surface area (Å²) in [6.07, 6.45) is -0.0180. The fraction of sp³-hybridized carbons (Fsp3) is 0.650. The van der Waals surface area contributed by atoms with Crippen molar-refractivity contribution in [3.8, 4) is 0 Å². The Morgan fingerprint density at radius 2 is 1.70 bits per heavy atom. The molecule has 1 aliphatic heterocycles. The van der Waals surface area contributed by atoms with E-state index in [4.69, 9.17) is 0 Å². The first kappa shape index (κ1) is 21.9. The topological polar surface area (TPSA) is 69.7 Å². The molecule has 1 N–H and O–H groups in total. The first-order chi connectivity index (χ1) is 12.6. The number of carbonyl (C=O) groups is 1. The van der Waals surface area contributed by atoms with Crippen molar-refractivity contribution >= 4 is 15.7 Å². The number of hydrogen-bond donors (Lipinski definition) is 1. The molecule has 2 rings (SSSR count). The van der Waals surface area contributed by atoms with Crippen molar-refractivity contribution in [2.45, 2.75) is 44.6 Å². The molecule has 0 aliphatic carbocycles. The van der Waals surface area contributed by atoms with Gasteiger partial charge in [0.25, 0.3) is 0 Å². The maximum absolute atomic E-state index is 12.4. The van der Waals surface area contributed by atoms with Gasteiger partial charge < -0.3 is 10.2 Å². The summed E-state index contributed by atoms with van der Waals surface area (Å²) in [5.41, 5.74) is 0.861. The predicted octanol–water partition coefficient (Wildman–Crippen LogP) is 1.69. The summed E-state index contributed by atoms with van der Waals surface area (Å²) in [5, 5.41) is 2.92. The number of carbonyl (C=O) groups excluding carboxylic acids is 1. The molecule has 1 saturated heterocycles. The molecule has 0 atom stereocenters. The molecule has 0 bridgehead atoms. The van der Waals surface area contributed by atoms with Crippen LogP contribution in [-0.4, -0.2) is 74.7 Å². The van der Waals surface area contributed by atoms with Crippen molar-refractivity contribution < 1.29 is 13.2 Å². The summed E-state index contributed by atoms with van der Waals surface area (Å²) in [4.78, 5) is 17.3. The Morgan fingerprint density at radius 1 is 1.11 bits per heavy atom. The van der Waals surface area contributed by atoms with Crippen LogP contribution in [0.2, 0.25) is 0 Å². The fourth-order valence-electron chi connectivity index (χ4n) is 3.28. The Hall–Kier alpha value is -1.44. The molecule has 6 nitrogen and oxygen atoms in total. The average Bonchev–Trinajstić information content (AvgIpc) is 2.65. The standard InChI is InChI=1S/C20H33N3O3S/c1-5-22-11-13-23(14-12-22)20(3,4)16-21-19(24)10-15-27(25,26)18-8-6-17(2)7-9-18/h6-9H,5,10-16H2,1-4H3,(H,21,24). The second-order valence-corrected chi connectivity index (χ2v) is 10.0. The minimum absolute atomic E-state index is 0.0180. The molecule has 7 heteroatoms. The zero-order valence-corrected chi connectivity index (χ0v) is 17.8. The number of sulfone groups is 1. The summed E-state index contributed by atoms with van der Waals surface area (Å²) >= 11 is 0. The minimum atomic E-state index is -3.43. The van der Waals surface area contributed by atoms with Gasteiger partial charge in [-0.25, -0.2) is 8.42 Å². The van der Waals surface area contributed by atoms with E-state index >= 15 is 0 Å². The highest BCUT2D eigenvalue weighted by atomic mass is 32.2. The molecule has 0 aromatic heterocycles. The Bertz CT molecular complexity index is 721. The van der Waals surface area contributed by atoms with Gasteiger partial charge in [-0.3, -0.25) is 9.69 Å². The number of hydrogen-bond acceptors (Lipinski definition) is 5. The number of nitrogens with one attached hydrogen (secondary N) is 1. The third-order valence-corrected chi connectivity index (χ3v) is 7.10. The van der Waals surface area contributed by atoms with E-state index in [-0.39, 0.29) is 28.5 Å². The second-order valence-electron chi connectivity index (χ2n) is 7.89. The van der Waals surface area contributed by atoms with E-state index in [1.165, 1.54) is 0 Å². The summed E-state index contributed by atoms with van der Waals surface area (Å²) in [7, 11) is -3.43. The molecule has 0 saturated carbocycles. The molecule has 27 heavy (non-hydrogen) atoms. The first-order valence-corrected chi connectivity index (χ1v) is 11.3. The highest BCUT2D eigenvalue weighted by Crippen LogP contribution is 2.17. The van der Waals surface area contributed by atoms with E-state index in [9.17, 15) is 13.2 Å². The lowest BCUT2D eigenvalue weighted by atomic mass is 10.0. The number of amides is 1. The van der Waals surface area contributed by atoms with Crippen LogP contribution < -0.4 is 5.32 Å². The fourth-order valence-corrected chi connectivity index (χ4v) is 4.52. The van der Waals surface area contributed by atoms with Crippen molar-refractivity contribution in [3.05, 3.63) is 29.8 Å². The van der Waals surface area contributed by atoms with Gasteiger partial charge in [-0.15, -0.1) is 0 Å². The van der Waals surface area contributed by atoms with E-state index in [2.05, 4.69) is 35.9 Å². The van der Waals surface area contributed by atoms with Gasteiger partial charge in [0.15, 0.2) is 9.84 Å². The molecule has 1 fully saturated rings. The van der Waals surface area contributed by atoms with Crippen molar-refractivity contribution in [1.82, 2.24) is 15.1 Å². The highest BCUT2D eigenvalue weighted by molar-refractivity contribution is 7.91. The van der Waals surface area contributed by atoms with Crippen molar-refractivity contribution in [3.63, 3.8) is 0 Å². The van der Waals surface area contributed by atoms with Crippen LogP contribution in [0.15, 0.2) is 29.2 Å². The summed E-state index contributed by atoms with van der Waals surface area (Å²) in [6, 6.07) is 6.74. The number of benzene rings is 1. The van der Waals surface area contributed by atoms with E-state index < -0.39 is 9.84 Å². The summed E-state index contributed by atoms with van der Waals surface area (Å²) in [6.45, 7) is 14.0. The van der Waals surface area contributed by atoms with Gasteiger partial charge in [0.1, 0.15) is 0 Å². The third-order valence-electron chi connectivity index (χ3n) is 5.37. The van der Waals surface area contributed by atoms with Crippen LogP contribution in [0, 0.1) is 6.92 Å². The molecular weight excluding hydrogens is 362 g/mol. The predicted molar refractivity (Wildman–Crippen MR) is 109 cm³/mol. The smallest absolute Gasteiger partial charge is 0.221 e. The van der Waals surface area contributed by atoms with Crippen LogP contribution in [0.5, 0.6) is 0 Å². The largest absolute Gasteiger partial charge is 0.354 e. The van der Waals surface area contributed by atoms with E-state index in [1.54, 1.807) is 24.3 Å². The van der Waals surface area contributed by atoms with Crippen molar-refractivity contribution in [2.75, 3.05) is 45.0 Å². The average molecular weight is 396 g/mol. The Morgan fingerprint density at radius 3 is 2.26 bits per heavy atom. The highest BCUT2D eigenvalue weighted by Gasteiger charge is 2.30. The lowest BCUT2D eigenvalue weighted by Gasteiger charge is -2.44. The van der Waals surface area contributed by atoms with Gasteiger partial charge in [0.05, 0.1) is 10.6 Å². The number of aryl methyl sites for hydroxylation is 1. The van der Waals surface area contributed by atoms with Crippen LogP contribution in [0.3, 0.4) is 0 Å².